The second-order valence-electron chi connectivity index (χ2n) is 6.83. The van der Waals surface area contributed by atoms with Crippen molar-refractivity contribution in [3.8, 4) is 11.5 Å². The molecule has 31 heavy (non-hydrogen) atoms. The number of amides is 1. The van der Waals surface area contributed by atoms with Crippen molar-refractivity contribution in [2.24, 2.45) is 0 Å². The Morgan fingerprint density at radius 2 is 1.81 bits per heavy atom. The summed E-state index contributed by atoms with van der Waals surface area (Å²) in [6, 6.07) is 16.9. The number of hydrogen-bond acceptors (Lipinski definition) is 6. The number of benzene rings is 2. The van der Waals surface area contributed by atoms with Gasteiger partial charge in [-0.3, -0.25) is 4.79 Å². The highest BCUT2D eigenvalue weighted by Crippen LogP contribution is 2.32. The summed E-state index contributed by atoms with van der Waals surface area (Å²) in [4.78, 5) is 13.0. The van der Waals surface area contributed by atoms with Crippen LogP contribution in [0.4, 0.5) is 0 Å². The van der Waals surface area contributed by atoms with Gasteiger partial charge >= 0.3 is 0 Å². The molecule has 1 amide bonds. The van der Waals surface area contributed by atoms with Gasteiger partial charge in [0.15, 0.2) is 11.5 Å². The second-order valence-corrected chi connectivity index (χ2v) is 11.2. The highest BCUT2D eigenvalue weighted by molar-refractivity contribution is 9.11. The number of nitrogens with one attached hydrogen (secondary N) is 2. The summed E-state index contributed by atoms with van der Waals surface area (Å²) in [6.07, 6.45) is 0.222. The minimum absolute atomic E-state index is 0.140. The lowest BCUT2D eigenvalue weighted by atomic mass is 10.1. The normalized spacial score (nSPS) is 13.7. The van der Waals surface area contributed by atoms with Crippen LogP contribution < -0.4 is 19.5 Å². The van der Waals surface area contributed by atoms with Crippen LogP contribution in [0.15, 0.2) is 68.7 Å². The highest BCUT2D eigenvalue weighted by Gasteiger charge is 2.27. The van der Waals surface area contributed by atoms with Crippen molar-refractivity contribution >= 4 is 43.2 Å². The molecule has 0 fully saturated rings. The van der Waals surface area contributed by atoms with Gasteiger partial charge in [0, 0.05) is 6.54 Å². The number of rotatable bonds is 8. The van der Waals surface area contributed by atoms with Crippen molar-refractivity contribution in [1.29, 1.82) is 0 Å². The molecule has 4 rings (SSSR count). The van der Waals surface area contributed by atoms with E-state index < -0.39 is 22.0 Å². The number of ether oxygens (including phenoxy) is 2. The van der Waals surface area contributed by atoms with Gasteiger partial charge in [0.25, 0.3) is 10.0 Å². The van der Waals surface area contributed by atoms with Gasteiger partial charge in [-0.15, -0.1) is 11.3 Å². The number of carbonyl (C=O) groups is 1. The summed E-state index contributed by atoms with van der Waals surface area (Å²) in [7, 11) is -3.85. The van der Waals surface area contributed by atoms with Crippen LogP contribution >= 0.6 is 27.3 Å². The summed E-state index contributed by atoms with van der Waals surface area (Å²) in [6.45, 7) is 0.401. The molecular formula is C21H19BrN2O5S2. The monoisotopic (exact) mass is 522 g/mol. The smallest absolute Gasteiger partial charge is 0.250 e. The second kappa shape index (κ2) is 9.39. The molecule has 2 heterocycles. The van der Waals surface area contributed by atoms with E-state index in [0.717, 1.165) is 22.5 Å². The SMILES string of the molecule is O=C(NCc1ccc2c(c1)OCO2)C(Cc1ccccc1)NS(=O)(=O)c1ccc(Br)s1. The number of hydrogen-bond donors (Lipinski definition) is 2. The topological polar surface area (TPSA) is 93.7 Å². The lowest BCUT2D eigenvalue weighted by molar-refractivity contribution is -0.122. The van der Waals surface area contributed by atoms with Crippen LogP contribution in [0.25, 0.3) is 0 Å². The summed E-state index contributed by atoms with van der Waals surface area (Å²) >= 11 is 4.36. The maximum absolute atomic E-state index is 13.0. The number of fused-ring (bicyclic) bond motifs is 1. The van der Waals surface area contributed by atoms with Gasteiger partial charge in [0.05, 0.1) is 3.79 Å². The minimum Gasteiger partial charge on any atom is -0.454 e. The van der Waals surface area contributed by atoms with Gasteiger partial charge in [0.1, 0.15) is 10.3 Å². The van der Waals surface area contributed by atoms with Gasteiger partial charge in [-0.2, -0.15) is 4.72 Å². The summed E-state index contributed by atoms with van der Waals surface area (Å²) < 4.78 is 39.7. The molecule has 162 valence electrons. The predicted octanol–water partition coefficient (Wildman–Crippen LogP) is 3.45. The lowest BCUT2D eigenvalue weighted by Gasteiger charge is -2.18. The van der Waals surface area contributed by atoms with E-state index in [4.69, 9.17) is 9.47 Å². The molecule has 3 aromatic rings. The fourth-order valence-corrected chi connectivity index (χ4v) is 6.31. The number of halogens is 1. The summed E-state index contributed by atoms with van der Waals surface area (Å²) in [5.74, 6) is 0.865. The minimum atomic E-state index is -3.85. The van der Waals surface area contributed by atoms with Crippen molar-refractivity contribution < 1.29 is 22.7 Å². The van der Waals surface area contributed by atoms with Crippen molar-refractivity contribution in [1.82, 2.24) is 10.0 Å². The van der Waals surface area contributed by atoms with Crippen LogP contribution in [0.2, 0.25) is 0 Å². The molecule has 2 N–H and O–H groups in total. The maximum Gasteiger partial charge on any atom is 0.250 e. The molecule has 1 aliphatic rings. The summed E-state index contributed by atoms with van der Waals surface area (Å²) in [5, 5.41) is 2.82. The van der Waals surface area contributed by atoms with E-state index in [-0.39, 0.29) is 24.0 Å². The molecule has 7 nitrogen and oxygen atoms in total. The first kappa shape index (κ1) is 21.8. The molecule has 1 atom stereocenters. The third-order valence-electron chi connectivity index (χ3n) is 4.61. The van der Waals surface area contributed by atoms with Crippen LogP contribution in [0, 0.1) is 0 Å². The van der Waals surface area contributed by atoms with E-state index in [1.54, 1.807) is 18.2 Å². The van der Waals surface area contributed by atoms with E-state index in [9.17, 15) is 13.2 Å². The average molecular weight is 523 g/mol. The Morgan fingerprint density at radius 1 is 1.03 bits per heavy atom. The van der Waals surface area contributed by atoms with Crippen LogP contribution in [-0.4, -0.2) is 27.2 Å². The molecule has 1 aromatic heterocycles. The average Bonchev–Trinajstić information content (AvgIpc) is 3.41. The van der Waals surface area contributed by atoms with E-state index in [1.807, 2.05) is 36.4 Å². The van der Waals surface area contributed by atoms with Gasteiger partial charge in [-0.05, 0) is 57.7 Å². The van der Waals surface area contributed by atoms with E-state index >= 15 is 0 Å². The first-order chi connectivity index (χ1) is 14.9. The molecule has 1 aliphatic heterocycles. The molecule has 1 unspecified atom stereocenters. The largest absolute Gasteiger partial charge is 0.454 e. The highest BCUT2D eigenvalue weighted by atomic mass is 79.9. The lowest BCUT2D eigenvalue weighted by Crippen LogP contribution is -2.47. The van der Waals surface area contributed by atoms with Crippen molar-refractivity contribution in [3.05, 3.63) is 75.6 Å². The third-order valence-corrected chi connectivity index (χ3v) is 8.20. The zero-order chi connectivity index (χ0) is 21.8. The number of carbonyl (C=O) groups excluding carboxylic acids is 1. The van der Waals surface area contributed by atoms with Gasteiger partial charge in [-0.1, -0.05) is 36.4 Å². The Bertz CT molecular complexity index is 1180. The van der Waals surface area contributed by atoms with Crippen molar-refractivity contribution in [3.63, 3.8) is 0 Å². The summed E-state index contributed by atoms with van der Waals surface area (Å²) in [5.41, 5.74) is 1.67. The predicted molar refractivity (Wildman–Crippen MR) is 121 cm³/mol. The Hall–Kier alpha value is -2.40. The third kappa shape index (κ3) is 5.45. The quantitative estimate of drug-likeness (QED) is 0.472. The van der Waals surface area contributed by atoms with Gasteiger partial charge in [-0.25, -0.2) is 8.42 Å². The first-order valence-corrected chi connectivity index (χ1v) is 12.5. The van der Waals surface area contributed by atoms with E-state index in [0.29, 0.717) is 15.3 Å². The first-order valence-electron chi connectivity index (χ1n) is 9.38. The molecule has 0 aliphatic carbocycles. The molecule has 0 saturated heterocycles. The van der Waals surface area contributed by atoms with E-state index in [2.05, 4.69) is 26.0 Å². The van der Waals surface area contributed by atoms with Crippen molar-refractivity contribution in [2.75, 3.05) is 6.79 Å². The Morgan fingerprint density at radius 3 is 2.55 bits per heavy atom. The van der Waals surface area contributed by atoms with Crippen LogP contribution in [-0.2, 0) is 27.8 Å². The zero-order valence-electron chi connectivity index (χ0n) is 16.2. The molecule has 2 aromatic carbocycles. The Balaban J connectivity index is 1.49. The fraction of sp³-hybridized carbons (Fsp3) is 0.190. The van der Waals surface area contributed by atoms with Crippen molar-refractivity contribution in [2.45, 2.75) is 23.2 Å². The fourth-order valence-electron chi connectivity index (χ4n) is 3.09. The molecule has 10 heteroatoms. The standard InChI is InChI=1S/C21H19BrN2O5S2/c22-19-8-9-20(30-19)31(26,27)24-16(10-14-4-2-1-3-5-14)21(25)23-12-15-6-7-17-18(11-15)29-13-28-17/h1-9,11,16,24H,10,12-13H2,(H,23,25). The zero-order valence-corrected chi connectivity index (χ0v) is 19.4. The molecule has 0 spiro atoms. The van der Waals surface area contributed by atoms with E-state index in [1.165, 1.54) is 6.07 Å². The van der Waals surface area contributed by atoms with Gasteiger partial charge in [0.2, 0.25) is 12.7 Å². The number of thiophene rings is 1. The Labute approximate surface area is 192 Å². The Kier molecular flexibility index (Phi) is 6.61. The molecule has 0 radical (unpaired) electrons. The number of sulfonamides is 1. The molecule has 0 saturated carbocycles. The molecule has 0 bridgehead atoms. The molecular weight excluding hydrogens is 504 g/mol. The van der Waals surface area contributed by atoms with Crippen LogP contribution in [0.1, 0.15) is 11.1 Å². The van der Waals surface area contributed by atoms with Gasteiger partial charge < -0.3 is 14.8 Å². The van der Waals surface area contributed by atoms with Crippen LogP contribution in [0.3, 0.4) is 0 Å². The maximum atomic E-state index is 13.0. The van der Waals surface area contributed by atoms with Crippen LogP contribution in [0.5, 0.6) is 11.5 Å².